The Balaban J connectivity index is 2.01. The second-order valence-corrected chi connectivity index (χ2v) is 6.78. The van der Waals surface area contributed by atoms with E-state index in [2.05, 4.69) is 20.7 Å². The van der Waals surface area contributed by atoms with Crippen molar-refractivity contribution in [1.82, 2.24) is 4.72 Å². The molecule has 0 aliphatic heterocycles. The van der Waals surface area contributed by atoms with Gasteiger partial charge in [-0.3, -0.25) is 0 Å². The molecule has 8 heteroatoms. The van der Waals surface area contributed by atoms with Crippen LogP contribution in [-0.4, -0.2) is 15.0 Å². The highest BCUT2D eigenvalue weighted by Gasteiger charge is 2.21. The van der Waals surface area contributed by atoms with Crippen molar-refractivity contribution in [3.05, 3.63) is 52.1 Å². The lowest BCUT2D eigenvalue weighted by molar-refractivity contribution is 0.483. The van der Waals surface area contributed by atoms with Crippen molar-refractivity contribution in [3.8, 4) is 0 Å². The fraction of sp³-hybridized carbons (Fsp3) is 0.231. The van der Waals surface area contributed by atoms with Gasteiger partial charge in [-0.05, 0) is 40.0 Å². The molecule has 1 aromatic heterocycles. The van der Waals surface area contributed by atoms with E-state index in [1.54, 1.807) is 12.1 Å². The number of hydrogen-bond acceptors (Lipinski definition) is 4. The first kappa shape index (κ1) is 16.2. The summed E-state index contributed by atoms with van der Waals surface area (Å²) in [6, 6.07) is 7.28. The molecule has 0 saturated carbocycles. The van der Waals surface area contributed by atoms with Crippen molar-refractivity contribution in [1.29, 1.82) is 0 Å². The lowest BCUT2D eigenvalue weighted by atomic mass is 10.1. The summed E-state index contributed by atoms with van der Waals surface area (Å²) in [7, 11) is -3.68. The maximum atomic E-state index is 12.8. The van der Waals surface area contributed by atoms with Crippen LogP contribution in [0.25, 0.3) is 0 Å². The highest BCUT2D eigenvalue weighted by Crippen LogP contribution is 2.25. The molecule has 0 amide bonds. The Labute approximate surface area is 130 Å². The Morgan fingerprint density at radius 2 is 1.95 bits per heavy atom. The van der Waals surface area contributed by atoms with Gasteiger partial charge in [0.2, 0.25) is 10.0 Å². The average Bonchev–Trinajstić information content (AvgIpc) is 2.83. The van der Waals surface area contributed by atoms with E-state index >= 15 is 0 Å². The molecule has 0 bridgehead atoms. The third-order valence-corrected chi connectivity index (χ3v) is 5.13. The van der Waals surface area contributed by atoms with Crippen LogP contribution in [0.1, 0.15) is 11.3 Å². The Morgan fingerprint density at radius 3 is 2.52 bits per heavy atom. The predicted molar refractivity (Wildman–Crippen MR) is 79.6 cm³/mol. The largest absolute Gasteiger partial charge is 0.452 e. The zero-order chi connectivity index (χ0) is 15.5. The highest BCUT2D eigenvalue weighted by atomic mass is 79.9. The Bertz CT molecular complexity index is 714. The maximum absolute atomic E-state index is 12.8. The average molecular weight is 377 g/mol. The van der Waals surface area contributed by atoms with Crippen LogP contribution in [0.2, 0.25) is 0 Å². The van der Waals surface area contributed by atoms with Crippen molar-refractivity contribution in [3.63, 3.8) is 0 Å². The second kappa shape index (κ2) is 6.69. The molecular formula is C13H14BrFN2O3S. The smallest absolute Gasteiger partial charge is 0.244 e. The van der Waals surface area contributed by atoms with E-state index in [0.717, 1.165) is 5.56 Å². The van der Waals surface area contributed by atoms with Crippen LogP contribution in [0.15, 0.2) is 44.3 Å². The third-order valence-electron chi connectivity index (χ3n) is 2.82. The number of hydrogen-bond donors (Lipinski definition) is 2. The molecule has 0 spiro atoms. The fourth-order valence-corrected chi connectivity index (χ4v) is 3.77. The minimum Gasteiger partial charge on any atom is -0.452 e. The summed E-state index contributed by atoms with van der Waals surface area (Å²) in [5.41, 5.74) is 6.24. The van der Waals surface area contributed by atoms with Gasteiger partial charge >= 0.3 is 0 Å². The summed E-state index contributed by atoms with van der Waals surface area (Å²) >= 11 is 3.06. The van der Waals surface area contributed by atoms with Gasteiger partial charge in [-0.25, -0.2) is 17.5 Å². The molecular weight excluding hydrogens is 363 g/mol. The molecule has 0 saturated heterocycles. The quantitative estimate of drug-likeness (QED) is 0.808. The molecule has 5 nitrogen and oxygen atoms in total. The molecule has 2 aromatic rings. The summed E-state index contributed by atoms with van der Waals surface area (Å²) in [5, 5.41) is 0. The van der Waals surface area contributed by atoms with Gasteiger partial charge in [0.15, 0.2) is 4.67 Å². The first-order valence-electron chi connectivity index (χ1n) is 6.15. The highest BCUT2D eigenvalue weighted by molar-refractivity contribution is 9.10. The van der Waals surface area contributed by atoms with Crippen molar-refractivity contribution in [2.75, 3.05) is 6.54 Å². The van der Waals surface area contributed by atoms with Gasteiger partial charge in [0.1, 0.15) is 16.5 Å². The molecule has 0 aliphatic carbocycles. The van der Waals surface area contributed by atoms with Gasteiger partial charge in [0.05, 0.1) is 6.54 Å². The van der Waals surface area contributed by atoms with E-state index in [-0.39, 0.29) is 28.5 Å². The number of furan rings is 1. The summed E-state index contributed by atoms with van der Waals surface area (Å²) in [6.07, 6.45) is 0.457. The van der Waals surface area contributed by atoms with Crippen molar-refractivity contribution >= 4 is 26.0 Å². The van der Waals surface area contributed by atoms with Crippen LogP contribution in [0.4, 0.5) is 4.39 Å². The Kier molecular flexibility index (Phi) is 5.15. The van der Waals surface area contributed by atoms with E-state index in [0.29, 0.717) is 12.2 Å². The first-order valence-corrected chi connectivity index (χ1v) is 8.42. The molecule has 114 valence electrons. The lowest BCUT2D eigenvalue weighted by Gasteiger charge is -2.05. The summed E-state index contributed by atoms with van der Waals surface area (Å²) in [4.78, 5) is 0.0158. The van der Waals surface area contributed by atoms with Crippen LogP contribution >= 0.6 is 15.9 Å². The molecule has 2 rings (SSSR count). The van der Waals surface area contributed by atoms with Gasteiger partial charge < -0.3 is 10.2 Å². The molecule has 0 unspecified atom stereocenters. The number of nitrogens with two attached hydrogens (primary N) is 1. The van der Waals surface area contributed by atoms with Crippen LogP contribution in [0.3, 0.4) is 0 Å². The van der Waals surface area contributed by atoms with Crippen molar-refractivity contribution in [2.24, 2.45) is 5.73 Å². The fourth-order valence-electron chi connectivity index (χ4n) is 1.74. The Hall–Kier alpha value is -1.22. The molecule has 3 N–H and O–H groups in total. The second-order valence-electron chi connectivity index (χ2n) is 4.33. The SMILES string of the molecule is NCc1cc(S(=O)(=O)NCCc2ccc(F)cc2)c(Br)o1. The number of rotatable bonds is 6. The van der Waals surface area contributed by atoms with E-state index in [1.807, 2.05) is 0 Å². The third kappa shape index (κ3) is 4.13. The minimum absolute atomic E-state index is 0.0158. The van der Waals surface area contributed by atoms with Crippen molar-refractivity contribution < 1.29 is 17.2 Å². The number of nitrogens with one attached hydrogen (secondary N) is 1. The number of benzene rings is 1. The summed E-state index contributed by atoms with van der Waals surface area (Å²) in [5.74, 6) is 0.0526. The van der Waals surface area contributed by atoms with E-state index < -0.39 is 10.0 Å². The number of halogens is 2. The van der Waals surface area contributed by atoms with Gasteiger partial charge in [-0.2, -0.15) is 0 Å². The summed E-state index contributed by atoms with van der Waals surface area (Å²) in [6.45, 7) is 0.313. The zero-order valence-electron chi connectivity index (χ0n) is 11.0. The molecule has 0 radical (unpaired) electrons. The lowest BCUT2D eigenvalue weighted by Crippen LogP contribution is -2.26. The monoisotopic (exact) mass is 376 g/mol. The van der Waals surface area contributed by atoms with Crippen LogP contribution in [0, 0.1) is 5.82 Å². The van der Waals surface area contributed by atoms with E-state index in [4.69, 9.17) is 10.2 Å². The van der Waals surface area contributed by atoms with E-state index in [1.165, 1.54) is 18.2 Å². The topological polar surface area (TPSA) is 85.3 Å². The molecule has 1 heterocycles. The Morgan fingerprint density at radius 1 is 1.29 bits per heavy atom. The van der Waals surface area contributed by atoms with Gasteiger partial charge in [-0.15, -0.1) is 0 Å². The van der Waals surface area contributed by atoms with Gasteiger partial charge in [0, 0.05) is 12.6 Å². The molecule has 0 fully saturated rings. The molecule has 0 atom stereocenters. The standard InChI is InChI=1S/C13H14BrFN2O3S/c14-13-12(7-11(8-16)20-13)21(18,19)17-6-5-9-1-3-10(15)4-2-9/h1-4,7,17H,5-6,8,16H2. The van der Waals surface area contributed by atoms with Crippen LogP contribution < -0.4 is 10.5 Å². The minimum atomic E-state index is -3.68. The first-order chi connectivity index (χ1) is 9.92. The normalized spacial score (nSPS) is 11.8. The molecule has 1 aromatic carbocycles. The summed E-state index contributed by atoms with van der Waals surface area (Å²) < 4.78 is 44.8. The number of sulfonamides is 1. The van der Waals surface area contributed by atoms with Crippen LogP contribution in [0.5, 0.6) is 0 Å². The predicted octanol–water partition coefficient (Wildman–Crippen LogP) is 2.16. The van der Waals surface area contributed by atoms with Crippen LogP contribution in [-0.2, 0) is 23.0 Å². The van der Waals surface area contributed by atoms with E-state index in [9.17, 15) is 12.8 Å². The van der Waals surface area contributed by atoms with Gasteiger partial charge in [0.25, 0.3) is 0 Å². The van der Waals surface area contributed by atoms with Crippen molar-refractivity contribution in [2.45, 2.75) is 17.9 Å². The molecule has 21 heavy (non-hydrogen) atoms. The molecule has 0 aliphatic rings. The maximum Gasteiger partial charge on any atom is 0.244 e. The van der Waals surface area contributed by atoms with Gasteiger partial charge in [-0.1, -0.05) is 12.1 Å². The zero-order valence-corrected chi connectivity index (χ0v) is 13.4.